The number of methoxy groups -OCH3 is 1. The van der Waals surface area contributed by atoms with Gasteiger partial charge in [0.2, 0.25) is 0 Å². The largest absolute Gasteiger partial charge is 0.496 e. The molecule has 0 radical (unpaired) electrons. The Morgan fingerprint density at radius 3 is 2.44 bits per heavy atom. The number of nitrogens with one attached hydrogen (secondary N) is 1. The number of unbranched alkanes of at least 4 members (excludes halogenated alkanes) is 3. The molecular formula is C22H38N2O3. The summed E-state index contributed by atoms with van der Waals surface area (Å²) in [6.07, 6.45) is 5.17. The number of likely N-dealkylation sites (N-methyl/N-ethyl adjacent to an activating group) is 1. The normalized spacial score (nSPS) is 11.5. The van der Waals surface area contributed by atoms with Gasteiger partial charge in [-0.15, -0.1) is 0 Å². The SMILES string of the molecule is CCN(CCCCCCNC(=O)OC(C)(C)C)CCc1ccccc1OC. The van der Waals surface area contributed by atoms with E-state index in [2.05, 4.69) is 29.3 Å². The van der Waals surface area contributed by atoms with Crippen LogP contribution in [0.1, 0.15) is 58.9 Å². The highest BCUT2D eigenvalue weighted by atomic mass is 16.6. The zero-order valence-electron chi connectivity index (χ0n) is 17.8. The van der Waals surface area contributed by atoms with Gasteiger partial charge in [-0.1, -0.05) is 38.0 Å². The lowest BCUT2D eigenvalue weighted by Crippen LogP contribution is -2.33. The first kappa shape index (κ1) is 23.3. The predicted octanol–water partition coefficient (Wildman–Crippen LogP) is 4.64. The van der Waals surface area contributed by atoms with Crippen LogP contribution in [0.5, 0.6) is 5.75 Å². The molecule has 0 saturated heterocycles. The highest BCUT2D eigenvalue weighted by molar-refractivity contribution is 5.67. The van der Waals surface area contributed by atoms with E-state index in [0.717, 1.165) is 44.6 Å². The summed E-state index contributed by atoms with van der Waals surface area (Å²) in [6.45, 7) is 11.8. The summed E-state index contributed by atoms with van der Waals surface area (Å²) in [6, 6.07) is 8.25. The summed E-state index contributed by atoms with van der Waals surface area (Å²) < 4.78 is 10.7. The van der Waals surface area contributed by atoms with Crippen molar-refractivity contribution in [2.45, 2.75) is 65.4 Å². The number of hydrogen-bond donors (Lipinski definition) is 1. The maximum Gasteiger partial charge on any atom is 0.407 e. The van der Waals surface area contributed by atoms with Crippen LogP contribution in [0, 0.1) is 0 Å². The third-order valence-electron chi connectivity index (χ3n) is 4.41. The molecule has 1 aromatic carbocycles. The zero-order valence-corrected chi connectivity index (χ0v) is 17.8. The van der Waals surface area contributed by atoms with Crippen molar-refractivity contribution < 1.29 is 14.3 Å². The molecule has 1 amide bonds. The van der Waals surface area contributed by atoms with Crippen LogP contribution in [0.2, 0.25) is 0 Å². The number of carbonyl (C=O) groups is 1. The monoisotopic (exact) mass is 378 g/mol. The fourth-order valence-electron chi connectivity index (χ4n) is 2.93. The van der Waals surface area contributed by atoms with Crippen molar-refractivity contribution in [2.24, 2.45) is 0 Å². The second kappa shape index (κ2) is 12.6. The predicted molar refractivity (Wildman–Crippen MR) is 112 cm³/mol. The number of carbonyl (C=O) groups excluding carboxylic acids is 1. The minimum absolute atomic E-state index is 0.323. The van der Waals surface area contributed by atoms with Crippen LogP contribution in [0.25, 0.3) is 0 Å². The number of hydrogen-bond acceptors (Lipinski definition) is 4. The summed E-state index contributed by atoms with van der Waals surface area (Å²) in [5.74, 6) is 0.978. The van der Waals surface area contributed by atoms with E-state index in [0.29, 0.717) is 6.54 Å². The Bertz CT molecular complexity index is 541. The second-order valence-corrected chi connectivity index (χ2v) is 7.84. The smallest absolute Gasteiger partial charge is 0.407 e. The number of amides is 1. The summed E-state index contributed by atoms with van der Waals surface area (Å²) in [7, 11) is 1.73. The van der Waals surface area contributed by atoms with Gasteiger partial charge in [-0.3, -0.25) is 0 Å². The number of para-hydroxylation sites is 1. The molecule has 0 aromatic heterocycles. The first-order chi connectivity index (χ1) is 12.9. The number of rotatable bonds is 12. The lowest BCUT2D eigenvalue weighted by Gasteiger charge is -2.21. The van der Waals surface area contributed by atoms with E-state index in [-0.39, 0.29) is 6.09 Å². The molecule has 5 heteroatoms. The highest BCUT2D eigenvalue weighted by Gasteiger charge is 2.15. The van der Waals surface area contributed by atoms with Crippen LogP contribution in [0.4, 0.5) is 4.79 Å². The van der Waals surface area contributed by atoms with E-state index in [9.17, 15) is 4.79 Å². The molecule has 1 N–H and O–H groups in total. The Morgan fingerprint density at radius 1 is 1.07 bits per heavy atom. The van der Waals surface area contributed by atoms with Crippen molar-refractivity contribution in [1.29, 1.82) is 0 Å². The van der Waals surface area contributed by atoms with Gasteiger partial charge >= 0.3 is 6.09 Å². The molecule has 0 aliphatic carbocycles. The molecule has 154 valence electrons. The number of alkyl carbamates (subject to hydrolysis) is 1. The molecule has 0 fully saturated rings. The Morgan fingerprint density at radius 2 is 1.78 bits per heavy atom. The molecule has 5 nitrogen and oxygen atoms in total. The molecule has 0 aliphatic heterocycles. The maximum absolute atomic E-state index is 11.6. The van der Waals surface area contributed by atoms with Gasteiger partial charge in [0.15, 0.2) is 0 Å². The standard InChI is InChI=1S/C22H38N2O3/c1-6-24(18-15-19-13-9-10-14-20(19)26-5)17-12-8-7-11-16-23-21(25)27-22(2,3)4/h9-10,13-14H,6-8,11-12,15-18H2,1-5H3,(H,23,25). The van der Waals surface area contributed by atoms with Gasteiger partial charge in [0.1, 0.15) is 11.4 Å². The van der Waals surface area contributed by atoms with Gasteiger partial charge < -0.3 is 19.7 Å². The molecule has 1 aromatic rings. The average Bonchev–Trinajstić information content (AvgIpc) is 2.62. The summed E-state index contributed by atoms with van der Waals surface area (Å²) in [5, 5.41) is 2.82. The minimum atomic E-state index is -0.433. The number of benzene rings is 1. The van der Waals surface area contributed by atoms with Gasteiger partial charge in [0.05, 0.1) is 7.11 Å². The van der Waals surface area contributed by atoms with E-state index in [1.807, 2.05) is 32.9 Å². The molecule has 0 bridgehead atoms. The van der Waals surface area contributed by atoms with Gasteiger partial charge in [0.25, 0.3) is 0 Å². The van der Waals surface area contributed by atoms with Crippen LogP contribution in [-0.2, 0) is 11.2 Å². The topological polar surface area (TPSA) is 50.8 Å². The molecule has 1 rings (SSSR count). The van der Waals surface area contributed by atoms with E-state index < -0.39 is 5.60 Å². The fraction of sp³-hybridized carbons (Fsp3) is 0.682. The van der Waals surface area contributed by atoms with Gasteiger partial charge in [-0.05, 0) is 64.8 Å². The van der Waals surface area contributed by atoms with Crippen molar-refractivity contribution in [3.05, 3.63) is 29.8 Å². The second-order valence-electron chi connectivity index (χ2n) is 7.84. The lowest BCUT2D eigenvalue weighted by molar-refractivity contribution is 0.0527. The van der Waals surface area contributed by atoms with E-state index in [1.165, 1.54) is 18.4 Å². The maximum atomic E-state index is 11.6. The molecule has 0 spiro atoms. The molecule has 0 aliphatic rings. The van der Waals surface area contributed by atoms with Crippen LogP contribution in [0.3, 0.4) is 0 Å². The van der Waals surface area contributed by atoms with Crippen LogP contribution in [-0.4, -0.2) is 49.9 Å². The van der Waals surface area contributed by atoms with Crippen molar-refractivity contribution in [2.75, 3.05) is 33.3 Å². The third-order valence-corrected chi connectivity index (χ3v) is 4.41. The summed E-state index contributed by atoms with van der Waals surface area (Å²) in [5.41, 5.74) is 0.837. The van der Waals surface area contributed by atoms with Crippen molar-refractivity contribution in [3.8, 4) is 5.75 Å². The molecule has 0 atom stereocenters. The Labute approximate surface area is 165 Å². The number of ether oxygens (including phenoxy) is 2. The van der Waals surface area contributed by atoms with E-state index in [4.69, 9.17) is 9.47 Å². The quantitative estimate of drug-likeness (QED) is 0.538. The van der Waals surface area contributed by atoms with E-state index >= 15 is 0 Å². The Balaban J connectivity index is 2.13. The van der Waals surface area contributed by atoms with Crippen LogP contribution < -0.4 is 10.1 Å². The molecule has 0 saturated carbocycles. The summed E-state index contributed by atoms with van der Waals surface area (Å²) in [4.78, 5) is 14.1. The molecule has 27 heavy (non-hydrogen) atoms. The third kappa shape index (κ3) is 10.9. The van der Waals surface area contributed by atoms with Crippen molar-refractivity contribution in [3.63, 3.8) is 0 Å². The molecular weight excluding hydrogens is 340 g/mol. The highest BCUT2D eigenvalue weighted by Crippen LogP contribution is 2.18. The molecule has 0 unspecified atom stereocenters. The van der Waals surface area contributed by atoms with Gasteiger partial charge in [-0.2, -0.15) is 0 Å². The van der Waals surface area contributed by atoms with Crippen molar-refractivity contribution in [1.82, 2.24) is 10.2 Å². The number of nitrogens with zero attached hydrogens (tertiary/aromatic N) is 1. The van der Waals surface area contributed by atoms with Crippen LogP contribution in [0.15, 0.2) is 24.3 Å². The molecule has 0 heterocycles. The van der Waals surface area contributed by atoms with Gasteiger partial charge in [-0.25, -0.2) is 4.79 Å². The Hall–Kier alpha value is -1.75. The lowest BCUT2D eigenvalue weighted by atomic mass is 10.1. The first-order valence-electron chi connectivity index (χ1n) is 10.2. The van der Waals surface area contributed by atoms with Gasteiger partial charge in [0, 0.05) is 13.1 Å². The fourth-order valence-corrected chi connectivity index (χ4v) is 2.93. The van der Waals surface area contributed by atoms with Crippen LogP contribution >= 0.6 is 0 Å². The zero-order chi connectivity index (χ0) is 20.1. The minimum Gasteiger partial charge on any atom is -0.496 e. The summed E-state index contributed by atoms with van der Waals surface area (Å²) >= 11 is 0. The van der Waals surface area contributed by atoms with E-state index in [1.54, 1.807) is 7.11 Å². The average molecular weight is 379 g/mol. The van der Waals surface area contributed by atoms with Crippen molar-refractivity contribution >= 4 is 6.09 Å². The Kier molecular flexibility index (Phi) is 10.9. The first-order valence-corrected chi connectivity index (χ1v) is 10.2.